The molecule has 0 saturated carbocycles. The highest BCUT2D eigenvalue weighted by molar-refractivity contribution is 6.37. The minimum atomic E-state index is 0.454. The molecule has 0 N–H and O–H groups in total. The van der Waals surface area contributed by atoms with Gasteiger partial charge >= 0.3 is 0 Å². The maximum atomic E-state index is 4.76. The highest BCUT2D eigenvalue weighted by Gasteiger charge is 2.32. The molecule has 0 bridgehead atoms. The van der Waals surface area contributed by atoms with Crippen molar-refractivity contribution in [1.82, 2.24) is 0 Å². The third-order valence-corrected chi connectivity index (χ3v) is 16.9. The number of allylic oxidation sites excluding steroid dienone is 4. The molecule has 0 spiro atoms. The van der Waals surface area contributed by atoms with Crippen LogP contribution in [0.2, 0.25) is 0 Å². The van der Waals surface area contributed by atoms with Gasteiger partial charge in [0.2, 0.25) is 0 Å². The molecule has 1 aliphatic rings. The van der Waals surface area contributed by atoms with Crippen LogP contribution in [0, 0.1) is 22.7 Å². The Balaban J connectivity index is 0.00000120. The van der Waals surface area contributed by atoms with Crippen molar-refractivity contribution >= 4 is 65.4 Å². The number of rotatable bonds is 29. The molecule has 0 unspecified atom stereocenters. The molecule has 412 valence electrons. The predicted octanol–water partition coefficient (Wildman–Crippen LogP) is 25.7. The molecule has 0 atom stereocenters. The van der Waals surface area contributed by atoms with Gasteiger partial charge in [-0.2, -0.15) is 0 Å². The summed E-state index contributed by atoms with van der Waals surface area (Å²) in [5, 5.41) is 11.4. The molecular formula is C74H116. The largest absolute Gasteiger partial charge is 0.0955 e. The third-order valence-electron chi connectivity index (χ3n) is 16.9. The van der Waals surface area contributed by atoms with Crippen molar-refractivity contribution < 1.29 is 0 Å². The average Bonchev–Trinajstić information content (AvgIpc) is 3.38. The predicted molar refractivity (Wildman–Crippen MR) is 345 cm³/mol. The lowest BCUT2D eigenvalue weighted by atomic mass is 9.70. The number of aryl methyl sites for hydroxylation is 2. The van der Waals surface area contributed by atoms with Crippen LogP contribution in [-0.4, -0.2) is 0 Å². The number of hydrogen-bond acceptors (Lipinski definition) is 0. The Hall–Kier alpha value is -3.64. The molecule has 0 amide bonds. The summed E-state index contributed by atoms with van der Waals surface area (Å²) in [5.74, 6) is 1.72. The zero-order chi connectivity index (χ0) is 55.2. The zero-order valence-electron chi connectivity index (χ0n) is 51.8. The Morgan fingerprint density at radius 2 is 0.784 bits per heavy atom. The lowest BCUT2D eigenvalue weighted by Crippen LogP contribution is -2.21. The normalized spacial score (nSPS) is 12.7. The molecule has 0 heteroatoms. The van der Waals surface area contributed by atoms with Gasteiger partial charge in [-0.05, 0) is 208 Å². The van der Waals surface area contributed by atoms with E-state index in [1.54, 1.807) is 0 Å². The van der Waals surface area contributed by atoms with Crippen LogP contribution < -0.4 is 0 Å². The molecule has 74 heavy (non-hydrogen) atoms. The van der Waals surface area contributed by atoms with Crippen molar-refractivity contribution in [1.29, 1.82) is 0 Å². The summed E-state index contributed by atoms with van der Waals surface area (Å²) in [7, 11) is 0. The van der Waals surface area contributed by atoms with Gasteiger partial charge in [-0.3, -0.25) is 0 Å². The number of unbranched alkanes of at least 4 members (excludes halogenated alkanes) is 6. The van der Waals surface area contributed by atoms with Crippen LogP contribution in [-0.2, 0) is 12.8 Å². The van der Waals surface area contributed by atoms with Gasteiger partial charge in [0.15, 0.2) is 0 Å². The van der Waals surface area contributed by atoms with E-state index in [4.69, 9.17) is 6.58 Å². The van der Waals surface area contributed by atoms with Gasteiger partial charge in [0.25, 0.3) is 0 Å². The van der Waals surface area contributed by atoms with Crippen LogP contribution in [0.1, 0.15) is 298 Å². The molecular weight excluding hydrogens is 889 g/mol. The summed E-state index contributed by atoms with van der Waals surface area (Å²) in [5.41, 5.74) is 13.9. The Morgan fingerprint density at radius 1 is 0.446 bits per heavy atom. The van der Waals surface area contributed by atoms with Crippen molar-refractivity contribution in [2.75, 3.05) is 0 Å². The first-order chi connectivity index (χ1) is 35.4. The minimum Gasteiger partial charge on any atom is -0.0955 e. The molecule has 0 saturated heterocycles. The molecule has 5 aromatic rings. The fourth-order valence-corrected chi connectivity index (χ4v) is 12.5. The van der Waals surface area contributed by atoms with E-state index in [2.05, 4.69) is 153 Å². The van der Waals surface area contributed by atoms with Crippen LogP contribution in [0.5, 0.6) is 0 Å². The van der Waals surface area contributed by atoms with E-state index < -0.39 is 0 Å². The monoisotopic (exact) mass is 1000 g/mol. The van der Waals surface area contributed by atoms with Crippen molar-refractivity contribution in [3.8, 4) is 0 Å². The van der Waals surface area contributed by atoms with Crippen molar-refractivity contribution in [2.45, 2.75) is 278 Å². The van der Waals surface area contributed by atoms with E-state index in [0.29, 0.717) is 10.8 Å². The summed E-state index contributed by atoms with van der Waals surface area (Å²) >= 11 is 0. The van der Waals surface area contributed by atoms with Gasteiger partial charge in [-0.1, -0.05) is 254 Å². The number of hydrogen-bond donors (Lipinski definition) is 0. The smallest absolute Gasteiger partial charge is 0.00112 e. The molecule has 0 fully saturated rings. The van der Waals surface area contributed by atoms with Gasteiger partial charge in [0.05, 0.1) is 0 Å². The summed E-state index contributed by atoms with van der Waals surface area (Å²) in [6.07, 6.45) is 33.6. The molecule has 0 nitrogen and oxygen atoms in total. The Morgan fingerprint density at radius 3 is 1.15 bits per heavy atom. The number of fused-ring (bicyclic) bond motifs is 2. The second kappa shape index (κ2) is 32.2. The van der Waals surface area contributed by atoms with Gasteiger partial charge < -0.3 is 0 Å². The SMILES string of the molecule is C=C(C)c1ccc2c3c(CCCC(CCCC)(CCCC)CCCC)cc4c5c(ccc(c6c(CCCC(CCCC)(CCCC)CCCC)cc(C(=C)C)c1c26)c53)C(=C)CC4=C.CC.CC(C)C.CCC(C)C. The Bertz CT molecular complexity index is 2460. The van der Waals surface area contributed by atoms with Crippen LogP contribution in [0.3, 0.4) is 0 Å². The van der Waals surface area contributed by atoms with E-state index in [9.17, 15) is 0 Å². The quantitative estimate of drug-likeness (QED) is 0.0331. The van der Waals surface area contributed by atoms with Crippen molar-refractivity contribution in [3.05, 3.63) is 96.1 Å². The average molecular weight is 1010 g/mol. The Kier molecular flexibility index (Phi) is 28.1. The minimum absolute atomic E-state index is 0.454. The van der Waals surface area contributed by atoms with E-state index in [1.165, 1.54) is 235 Å². The van der Waals surface area contributed by atoms with Crippen LogP contribution in [0.4, 0.5) is 0 Å². The first-order valence-electron chi connectivity index (χ1n) is 31.4. The summed E-state index contributed by atoms with van der Waals surface area (Å²) < 4.78 is 0. The first kappa shape index (κ1) is 64.6. The van der Waals surface area contributed by atoms with E-state index >= 15 is 0 Å². The maximum Gasteiger partial charge on any atom is -0.00112 e. The summed E-state index contributed by atoms with van der Waals surface area (Å²) in [6.45, 7) is 54.6. The molecule has 0 aliphatic heterocycles. The molecule has 0 radical (unpaired) electrons. The molecule has 0 aromatic heterocycles. The van der Waals surface area contributed by atoms with Crippen molar-refractivity contribution in [3.63, 3.8) is 0 Å². The molecule has 5 aromatic carbocycles. The maximum absolute atomic E-state index is 4.76. The lowest BCUT2D eigenvalue weighted by molar-refractivity contribution is 0.178. The first-order valence-corrected chi connectivity index (χ1v) is 31.4. The van der Waals surface area contributed by atoms with E-state index in [1.807, 2.05) is 13.8 Å². The molecule has 0 heterocycles. The highest BCUT2D eigenvalue weighted by Crippen LogP contribution is 2.53. The Labute approximate surface area is 459 Å². The second-order valence-corrected chi connectivity index (χ2v) is 24.5. The van der Waals surface area contributed by atoms with E-state index in [-0.39, 0.29) is 0 Å². The zero-order valence-corrected chi connectivity index (χ0v) is 51.8. The van der Waals surface area contributed by atoms with Crippen LogP contribution >= 0.6 is 0 Å². The fraction of sp³-hybridized carbons (Fsp3) is 0.622. The van der Waals surface area contributed by atoms with Gasteiger partial charge in [0.1, 0.15) is 0 Å². The van der Waals surface area contributed by atoms with Crippen LogP contribution in [0.25, 0.3) is 65.4 Å². The second-order valence-electron chi connectivity index (χ2n) is 24.5. The fourth-order valence-electron chi connectivity index (χ4n) is 12.5. The summed E-state index contributed by atoms with van der Waals surface area (Å²) in [6, 6.07) is 15.0. The van der Waals surface area contributed by atoms with Crippen LogP contribution in [0.15, 0.2) is 62.7 Å². The van der Waals surface area contributed by atoms with E-state index in [0.717, 1.165) is 42.2 Å². The van der Waals surface area contributed by atoms with Gasteiger partial charge in [-0.15, -0.1) is 0 Å². The highest BCUT2D eigenvalue weighted by atomic mass is 14.4. The van der Waals surface area contributed by atoms with Gasteiger partial charge in [-0.25, -0.2) is 0 Å². The number of benzene rings is 5. The third kappa shape index (κ3) is 16.7. The molecule has 1 aliphatic carbocycles. The van der Waals surface area contributed by atoms with Crippen molar-refractivity contribution in [2.24, 2.45) is 22.7 Å². The topological polar surface area (TPSA) is 0 Å². The molecule has 6 rings (SSSR count). The standard InChI is InChI=1S/C63H88.C5H12.C4H10.C2H6/c1-13-19-33-62(34-20-14-2,35-21-15-3)39-25-27-48-42-54(45(9)10)58-50(44(7)8)29-31-52-57-49(28-26-40-63(36-22-16-4,37-23-17-5)38-24-18-6)43-55-47(12)41-46(11)51-30-32-53(56(48)60(52)58)61(57)59(51)55;1-4-5(2)3;1-4(2)3;1-2/h29-32,42-43H,7,9,11-28,33-41H2,1-6,8,10H3;5H,4H2,1-3H3;4H,1-3H3;1-2H3. The summed E-state index contributed by atoms with van der Waals surface area (Å²) in [4.78, 5) is 0. The van der Waals surface area contributed by atoms with Gasteiger partial charge in [0, 0.05) is 0 Å². The lowest BCUT2D eigenvalue weighted by Gasteiger charge is -2.35.